The minimum Gasteiger partial charge on any atom is -0.356 e. The summed E-state index contributed by atoms with van der Waals surface area (Å²) in [6.07, 6.45) is 0. The number of halogens is 2. The summed E-state index contributed by atoms with van der Waals surface area (Å²) in [5.74, 6) is 0.0432. The van der Waals surface area contributed by atoms with E-state index in [1.807, 2.05) is 6.92 Å². The number of carbonyl (C=O) groups excluding carboxylic acids is 1. The van der Waals surface area contributed by atoms with Crippen LogP contribution in [0.4, 0.5) is 4.39 Å². The summed E-state index contributed by atoms with van der Waals surface area (Å²) < 4.78 is 18.3. The first-order chi connectivity index (χ1) is 12.1. The Morgan fingerprint density at radius 1 is 1.20 bits per heavy atom. The average Bonchev–Trinajstić information content (AvgIpc) is 3.09. The Morgan fingerprint density at radius 3 is 2.60 bits per heavy atom. The van der Waals surface area contributed by atoms with Gasteiger partial charge in [-0.15, -0.1) is 0 Å². The lowest BCUT2D eigenvalue weighted by atomic mass is 10.1. The highest BCUT2D eigenvalue weighted by Crippen LogP contribution is 2.22. The lowest BCUT2D eigenvalue weighted by molar-refractivity contribution is 0.0749. The molecule has 4 nitrogen and oxygen atoms in total. The normalized spacial score (nSPS) is 10.7. The fourth-order valence-electron chi connectivity index (χ4n) is 2.46. The second kappa shape index (κ2) is 7.49. The van der Waals surface area contributed by atoms with E-state index in [0.717, 1.165) is 5.56 Å². The van der Waals surface area contributed by atoms with Gasteiger partial charge in [0.05, 0.1) is 17.1 Å². The first-order valence-corrected chi connectivity index (χ1v) is 8.21. The topological polar surface area (TPSA) is 46.3 Å². The Morgan fingerprint density at radius 2 is 1.92 bits per heavy atom. The van der Waals surface area contributed by atoms with Crippen LogP contribution in [0.25, 0.3) is 11.3 Å². The van der Waals surface area contributed by atoms with Crippen LogP contribution < -0.4 is 0 Å². The number of hydrogen-bond acceptors (Lipinski definition) is 3. The number of aromatic nitrogens is 1. The van der Waals surface area contributed by atoms with E-state index < -0.39 is 0 Å². The van der Waals surface area contributed by atoms with E-state index in [4.69, 9.17) is 16.1 Å². The smallest absolute Gasteiger partial charge is 0.255 e. The molecule has 0 unspecified atom stereocenters. The van der Waals surface area contributed by atoms with Crippen LogP contribution >= 0.6 is 11.6 Å². The number of hydrogen-bond donors (Lipinski definition) is 0. The van der Waals surface area contributed by atoms with Crippen LogP contribution in [0.1, 0.15) is 23.0 Å². The molecule has 0 N–H and O–H groups in total. The van der Waals surface area contributed by atoms with Crippen LogP contribution in [0.3, 0.4) is 0 Å². The van der Waals surface area contributed by atoms with Gasteiger partial charge >= 0.3 is 0 Å². The van der Waals surface area contributed by atoms with Gasteiger partial charge in [-0.3, -0.25) is 4.79 Å². The average molecular weight is 359 g/mol. The zero-order valence-corrected chi connectivity index (χ0v) is 14.3. The molecule has 0 saturated carbocycles. The summed E-state index contributed by atoms with van der Waals surface area (Å²) in [5, 5.41) is 4.42. The van der Waals surface area contributed by atoms with E-state index in [1.165, 1.54) is 12.1 Å². The van der Waals surface area contributed by atoms with Gasteiger partial charge in [-0.05, 0) is 43.3 Å². The molecule has 2 aromatic carbocycles. The van der Waals surface area contributed by atoms with E-state index in [2.05, 4.69) is 5.16 Å². The highest BCUT2D eigenvalue weighted by atomic mass is 35.5. The molecule has 0 aliphatic rings. The number of nitrogens with zero attached hydrogens (tertiary/aromatic N) is 2. The van der Waals surface area contributed by atoms with Crippen molar-refractivity contribution in [3.05, 3.63) is 76.7 Å². The lowest BCUT2D eigenvalue weighted by Crippen LogP contribution is -2.30. The van der Waals surface area contributed by atoms with E-state index in [1.54, 1.807) is 47.4 Å². The van der Waals surface area contributed by atoms with Crippen LogP contribution in [0.5, 0.6) is 0 Å². The van der Waals surface area contributed by atoms with E-state index in [-0.39, 0.29) is 11.7 Å². The maximum atomic E-state index is 13.0. The number of amides is 1. The van der Waals surface area contributed by atoms with Gasteiger partial charge in [-0.1, -0.05) is 28.9 Å². The molecule has 0 spiro atoms. The summed E-state index contributed by atoms with van der Waals surface area (Å²) in [4.78, 5) is 14.3. The van der Waals surface area contributed by atoms with Gasteiger partial charge in [0.1, 0.15) is 11.5 Å². The van der Waals surface area contributed by atoms with Crippen molar-refractivity contribution in [1.29, 1.82) is 0 Å². The Kier molecular flexibility index (Phi) is 5.14. The fraction of sp³-hybridized carbons (Fsp3) is 0.158. The van der Waals surface area contributed by atoms with Crippen molar-refractivity contribution in [1.82, 2.24) is 10.1 Å². The number of benzene rings is 2. The van der Waals surface area contributed by atoms with Crippen molar-refractivity contribution in [3.8, 4) is 11.3 Å². The monoisotopic (exact) mass is 358 g/mol. The van der Waals surface area contributed by atoms with Gasteiger partial charge in [0, 0.05) is 18.2 Å². The molecule has 3 rings (SSSR count). The third-order valence-electron chi connectivity index (χ3n) is 3.81. The molecule has 1 amide bonds. The predicted molar refractivity (Wildman–Crippen MR) is 93.8 cm³/mol. The summed E-state index contributed by atoms with van der Waals surface area (Å²) in [5.41, 5.74) is 1.79. The van der Waals surface area contributed by atoms with Crippen molar-refractivity contribution in [3.63, 3.8) is 0 Å². The van der Waals surface area contributed by atoms with E-state index in [0.29, 0.717) is 35.1 Å². The van der Waals surface area contributed by atoms with Gasteiger partial charge in [-0.2, -0.15) is 0 Å². The number of rotatable bonds is 5. The quantitative estimate of drug-likeness (QED) is 0.658. The molecule has 0 aliphatic carbocycles. The molecule has 3 aromatic rings. The summed E-state index contributed by atoms with van der Waals surface area (Å²) in [7, 11) is 0. The zero-order valence-electron chi connectivity index (χ0n) is 13.6. The Hall–Kier alpha value is -2.66. The van der Waals surface area contributed by atoms with Crippen molar-refractivity contribution in [2.24, 2.45) is 0 Å². The SMILES string of the molecule is CCN(Cc1cc(-c2ccc(F)cc2)on1)C(=O)c1ccccc1Cl. The van der Waals surface area contributed by atoms with Crippen LogP contribution in [0, 0.1) is 5.82 Å². The third kappa shape index (κ3) is 3.88. The van der Waals surface area contributed by atoms with Crippen LogP contribution in [0.15, 0.2) is 59.1 Å². The van der Waals surface area contributed by atoms with E-state index >= 15 is 0 Å². The first-order valence-electron chi connectivity index (χ1n) is 7.84. The van der Waals surface area contributed by atoms with Crippen molar-refractivity contribution in [2.45, 2.75) is 13.5 Å². The third-order valence-corrected chi connectivity index (χ3v) is 4.14. The van der Waals surface area contributed by atoms with Gasteiger partial charge in [0.2, 0.25) is 0 Å². The van der Waals surface area contributed by atoms with Gasteiger partial charge in [-0.25, -0.2) is 4.39 Å². The molecule has 0 fully saturated rings. The lowest BCUT2D eigenvalue weighted by Gasteiger charge is -2.20. The van der Waals surface area contributed by atoms with Crippen molar-refractivity contribution in [2.75, 3.05) is 6.54 Å². The molecule has 1 heterocycles. The number of carbonyl (C=O) groups is 1. The van der Waals surface area contributed by atoms with Crippen molar-refractivity contribution < 1.29 is 13.7 Å². The molecular weight excluding hydrogens is 343 g/mol. The van der Waals surface area contributed by atoms with Crippen LogP contribution in [-0.2, 0) is 6.54 Å². The molecule has 1 aromatic heterocycles. The Balaban J connectivity index is 1.77. The molecule has 128 valence electrons. The Labute approximate surface area is 149 Å². The zero-order chi connectivity index (χ0) is 17.8. The highest BCUT2D eigenvalue weighted by Gasteiger charge is 2.19. The minimum atomic E-state index is -0.314. The highest BCUT2D eigenvalue weighted by molar-refractivity contribution is 6.33. The summed E-state index contributed by atoms with van der Waals surface area (Å²) in [6.45, 7) is 2.68. The predicted octanol–water partition coefficient (Wildman–Crippen LogP) is 4.80. The second-order valence-electron chi connectivity index (χ2n) is 5.49. The standard InChI is InChI=1S/C19H16ClFN2O2/c1-2-23(19(24)16-5-3-4-6-17(16)20)12-15-11-18(25-22-15)13-7-9-14(21)10-8-13/h3-11H,2,12H2,1H3. The van der Waals surface area contributed by atoms with Crippen LogP contribution in [-0.4, -0.2) is 22.5 Å². The molecular formula is C19H16ClFN2O2. The maximum Gasteiger partial charge on any atom is 0.255 e. The molecule has 0 radical (unpaired) electrons. The van der Waals surface area contributed by atoms with Crippen LogP contribution in [0.2, 0.25) is 5.02 Å². The molecule has 0 bridgehead atoms. The molecule has 0 saturated heterocycles. The van der Waals surface area contributed by atoms with Gasteiger partial charge in [0.15, 0.2) is 5.76 Å². The largest absolute Gasteiger partial charge is 0.356 e. The van der Waals surface area contributed by atoms with Crippen molar-refractivity contribution >= 4 is 17.5 Å². The summed E-state index contributed by atoms with van der Waals surface area (Å²) in [6, 6.07) is 14.6. The van der Waals surface area contributed by atoms with E-state index in [9.17, 15) is 9.18 Å². The summed E-state index contributed by atoms with van der Waals surface area (Å²) >= 11 is 6.11. The van der Waals surface area contributed by atoms with Gasteiger partial charge < -0.3 is 9.42 Å². The Bertz CT molecular complexity index is 877. The minimum absolute atomic E-state index is 0.167. The second-order valence-corrected chi connectivity index (χ2v) is 5.90. The maximum absolute atomic E-state index is 13.0. The first kappa shape index (κ1) is 17.2. The fourth-order valence-corrected chi connectivity index (χ4v) is 2.68. The molecule has 0 aliphatic heterocycles. The molecule has 0 atom stereocenters. The molecule has 6 heteroatoms. The molecule has 25 heavy (non-hydrogen) atoms. The van der Waals surface area contributed by atoms with Gasteiger partial charge in [0.25, 0.3) is 5.91 Å².